The fourth-order valence-corrected chi connectivity index (χ4v) is 5.22. The van der Waals surface area contributed by atoms with E-state index in [0.717, 1.165) is 16.3 Å². The third-order valence-electron chi connectivity index (χ3n) is 4.70. The van der Waals surface area contributed by atoms with Gasteiger partial charge in [-0.1, -0.05) is 56.3 Å². The maximum Gasteiger partial charge on any atom is 0.227 e. The molecule has 1 aliphatic rings. The molecule has 0 unspecified atom stereocenters. The van der Waals surface area contributed by atoms with Crippen molar-refractivity contribution in [3.8, 4) is 0 Å². The summed E-state index contributed by atoms with van der Waals surface area (Å²) in [5.74, 6) is 0.619. The van der Waals surface area contributed by atoms with Gasteiger partial charge in [-0.3, -0.25) is 4.79 Å². The number of rotatable bonds is 5. The first-order valence-electron chi connectivity index (χ1n) is 8.81. The smallest absolute Gasteiger partial charge is 0.227 e. The average Bonchev–Trinajstić information content (AvgIpc) is 2.92. The number of hydrogen-bond donors (Lipinski definition) is 0. The Balaban J connectivity index is 1.79. The minimum atomic E-state index is -3.01. The first-order chi connectivity index (χ1) is 11.8. The third kappa shape index (κ3) is 4.40. The number of carbonyl (C=O) groups excluding carboxylic acids is 1. The molecule has 1 saturated heterocycles. The van der Waals surface area contributed by atoms with Gasteiger partial charge in [0.25, 0.3) is 0 Å². The summed E-state index contributed by atoms with van der Waals surface area (Å²) in [6.45, 7) is 4.71. The number of nitrogens with zero attached hydrogens (tertiary/aromatic N) is 1. The quantitative estimate of drug-likeness (QED) is 0.824. The van der Waals surface area contributed by atoms with Crippen LogP contribution in [0.25, 0.3) is 10.8 Å². The molecule has 25 heavy (non-hydrogen) atoms. The fourth-order valence-electron chi connectivity index (χ4n) is 3.49. The molecule has 4 nitrogen and oxygen atoms in total. The van der Waals surface area contributed by atoms with Crippen LogP contribution in [0.1, 0.15) is 25.8 Å². The highest BCUT2D eigenvalue weighted by atomic mass is 32.2. The van der Waals surface area contributed by atoms with Gasteiger partial charge in [0.1, 0.15) is 0 Å². The highest BCUT2D eigenvalue weighted by Crippen LogP contribution is 2.21. The number of amides is 1. The largest absolute Gasteiger partial charge is 0.338 e. The molecule has 0 radical (unpaired) electrons. The monoisotopic (exact) mass is 359 g/mol. The summed E-state index contributed by atoms with van der Waals surface area (Å²) in [6.07, 6.45) is 0.868. The van der Waals surface area contributed by atoms with Crippen LogP contribution in [0.5, 0.6) is 0 Å². The number of hydrogen-bond acceptors (Lipinski definition) is 3. The lowest BCUT2D eigenvalue weighted by Crippen LogP contribution is -2.44. The Morgan fingerprint density at radius 2 is 1.88 bits per heavy atom. The lowest BCUT2D eigenvalue weighted by Gasteiger charge is -2.30. The molecule has 3 rings (SSSR count). The summed E-state index contributed by atoms with van der Waals surface area (Å²) >= 11 is 0. The summed E-state index contributed by atoms with van der Waals surface area (Å²) in [7, 11) is -3.01. The van der Waals surface area contributed by atoms with Gasteiger partial charge in [0.2, 0.25) is 5.91 Å². The minimum absolute atomic E-state index is 0.0195. The van der Waals surface area contributed by atoms with E-state index in [2.05, 4.69) is 19.9 Å². The highest BCUT2D eigenvalue weighted by Gasteiger charge is 2.34. The highest BCUT2D eigenvalue weighted by molar-refractivity contribution is 7.91. The van der Waals surface area contributed by atoms with Crippen molar-refractivity contribution in [2.45, 2.75) is 32.7 Å². The summed E-state index contributed by atoms with van der Waals surface area (Å²) < 4.78 is 23.6. The molecular weight excluding hydrogens is 334 g/mol. The maximum atomic E-state index is 12.9. The van der Waals surface area contributed by atoms with Gasteiger partial charge in [-0.2, -0.15) is 0 Å². The zero-order valence-electron chi connectivity index (χ0n) is 14.8. The fraction of sp³-hybridized carbons (Fsp3) is 0.450. The van der Waals surface area contributed by atoms with Crippen LogP contribution >= 0.6 is 0 Å². The van der Waals surface area contributed by atoms with E-state index in [4.69, 9.17) is 0 Å². The Bertz CT molecular complexity index is 873. The van der Waals surface area contributed by atoms with Gasteiger partial charge >= 0.3 is 0 Å². The van der Waals surface area contributed by atoms with Crippen LogP contribution in [0.3, 0.4) is 0 Å². The molecular formula is C20H25NO3S. The predicted octanol–water partition coefficient (Wildman–Crippen LogP) is 3.05. The van der Waals surface area contributed by atoms with Crippen LogP contribution in [-0.4, -0.2) is 43.3 Å². The van der Waals surface area contributed by atoms with E-state index in [-0.39, 0.29) is 23.5 Å². The van der Waals surface area contributed by atoms with E-state index in [1.807, 2.05) is 36.4 Å². The molecule has 0 aliphatic carbocycles. The molecule has 1 atom stereocenters. The molecule has 1 amide bonds. The Morgan fingerprint density at radius 1 is 1.16 bits per heavy atom. The normalized spacial score (nSPS) is 19.4. The van der Waals surface area contributed by atoms with Crippen LogP contribution in [0, 0.1) is 5.92 Å². The van der Waals surface area contributed by atoms with Gasteiger partial charge in [-0.05, 0) is 28.7 Å². The zero-order chi connectivity index (χ0) is 18.0. The molecule has 1 fully saturated rings. The Kier molecular flexibility index (Phi) is 5.13. The first-order valence-corrected chi connectivity index (χ1v) is 10.6. The predicted molar refractivity (Wildman–Crippen MR) is 101 cm³/mol. The average molecular weight is 359 g/mol. The second-order valence-corrected chi connectivity index (χ2v) is 9.58. The molecule has 5 heteroatoms. The van der Waals surface area contributed by atoms with Gasteiger partial charge in [-0.15, -0.1) is 0 Å². The van der Waals surface area contributed by atoms with Crippen molar-refractivity contribution in [1.82, 2.24) is 4.90 Å². The van der Waals surface area contributed by atoms with Crippen LogP contribution < -0.4 is 0 Å². The molecule has 0 N–H and O–H groups in total. The molecule has 2 aromatic rings. The minimum Gasteiger partial charge on any atom is -0.338 e. The Hall–Kier alpha value is -1.88. The standard InChI is InChI=1S/C20H25NO3S/c1-15(2)13-21(19-9-10-25(23,24)14-19)20(22)12-16-7-8-17-5-3-4-6-18(17)11-16/h3-8,11,15,19H,9-10,12-14H2,1-2H3/t19-/m1/s1. The maximum absolute atomic E-state index is 12.9. The topological polar surface area (TPSA) is 54.5 Å². The molecule has 1 aliphatic heterocycles. The summed E-state index contributed by atoms with van der Waals surface area (Å²) in [5.41, 5.74) is 0.971. The summed E-state index contributed by atoms with van der Waals surface area (Å²) in [5, 5.41) is 2.27. The molecule has 0 bridgehead atoms. The van der Waals surface area contributed by atoms with E-state index in [0.29, 0.717) is 25.3 Å². The van der Waals surface area contributed by atoms with E-state index in [1.165, 1.54) is 0 Å². The van der Waals surface area contributed by atoms with Crippen molar-refractivity contribution in [2.24, 2.45) is 5.92 Å². The van der Waals surface area contributed by atoms with Crippen molar-refractivity contribution >= 4 is 26.5 Å². The molecule has 134 valence electrons. The molecule has 0 saturated carbocycles. The van der Waals surface area contributed by atoms with E-state index in [1.54, 1.807) is 4.90 Å². The van der Waals surface area contributed by atoms with E-state index in [9.17, 15) is 13.2 Å². The van der Waals surface area contributed by atoms with E-state index < -0.39 is 9.84 Å². The van der Waals surface area contributed by atoms with Crippen LogP contribution in [0.15, 0.2) is 42.5 Å². The SMILES string of the molecule is CC(C)CN(C(=O)Cc1ccc2ccccc2c1)[C@@H]1CCS(=O)(=O)C1. The van der Waals surface area contributed by atoms with Crippen LogP contribution in [-0.2, 0) is 21.1 Å². The number of benzene rings is 2. The van der Waals surface area contributed by atoms with Crippen molar-refractivity contribution in [3.63, 3.8) is 0 Å². The number of carbonyl (C=O) groups is 1. The molecule has 0 spiro atoms. The number of fused-ring (bicyclic) bond motifs is 1. The molecule has 2 aromatic carbocycles. The van der Waals surface area contributed by atoms with Gasteiger partial charge < -0.3 is 4.90 Å². The lowest BCUT2D eigenvalue weighted by atomic mass is 10.0. The van der Waals surface area contributed by atoms with E-state index >= 15 is 0 Å². The van der Waals surface area contributed by atoms with Crippen LogP contribution in [0.4, 0.5) is 0 Å². The third-order valence-corrected chi connectivity index (χ3v) is 6.45. The van der Waals surface area contributed by atoms with Crippen molar-refractivity contribution in [2.75, 3.05) is 18.1 Å². The number of sulfone groups is 1. The van der Waals surface area contributed by atoms with Crippen molar-refractivity contribution in [3.05, 3.63) is 48.0 Å². The second-order valence-electron chi connectivity index (χ2n) is 7.36. The van der Waals surface area contributed by atoms with Gasteiger partial charge in [0.05, 0.1) is 17.9 Å². The second kappa shape index (κ2) is 7.16. The first kappa shape index (κ1) is 17.9. The summed E-state index contributed by atoms with van der Waals surface area (Å²) in [4.78, 5) is 14.7. The summed E-state index contributed by atoms with van der Waals surface area (Å²) in [6, 6.07) is 14.0. The van der Waals surface area contributed by atoms with Crippen molar-refractivity contribution in [1.29, 1.82) is 0 Å². The van der Waals surface area contributed by atoms with Crippen molar-refractivity contribution < 1.29 is 13.2 Å². The zero-order valence-corrected chi connectivity index (χ0v) is 15.6. The Labute approximate surface area is 149 Å². The van der Waals surface area contributed by atoms with Crippen LogP contribution in [0.2, 0.25) is 0 Å². The van der Waals surface area contributed by atoms with Gasteiger partial charge in [0.15, 0.2) is 9.84 Å². The Morgan fingerprint density at radius 3 is 2.52 bits per heavy atom. The molecule has 0 aromatic heterocycles. The lowest BCUT2D eigenvalue weighted by molar-refractivity contribution is -0.132. The molecule has 1 heterocycles. The van der Waals surface area contributed by atoms with Gasteiger partial charge in [-0.25, -0.2) is 8.42 Å². The van der Waals surface area contributed by atoms with Gasteiger partial charge in [0, 0.05) is 12.6 Å².